The van der Waals surface area contributed by atoms with E-state index in [0.29, 0.717) is 17.3 Å². The van der Waals surface area contributed by atoms with Gasteiger partial charge in [-0.3, -0.25) is 0 Å². The number of nitrogens with two attached hydrogens (primary N) is 1. The molecular weight excluding hydrogens is 376 g/mol. The third-order valence-corrected chi connectivity index (χ3v) is 5.93. The lowest BCUT2D eigenvalue weighted by Crippen LogP contribution is -2.15. The van der Waals surface area contributed by atoms with Crippen molar-refractivity contribution in [1.82, 2.24) is 4.98 Å². The highest BCUT2D eigenvalue weighted by Gasteiger charge is 2.31. The molecule has 0 fully saturated rings. The van der Waals surface area contributed by atoms with E-state index in [1.807, 2.05) is 42.5 Å². The van der Waals surface area contributed by atoms with E-state index in [2.05, 4.69) is 18.2 Å². The second-order valence-electron chi connectivity index (χ2n) is 7.49. The molecule has 0 amide bonds. The number of phenolic OH excluding ortho intramolecular Hbond substituents is 1. The highest BCUT2D eigenvalue weighted by atomic mass is 16.5. The van der Waals surface area contributed by atoms with Gasteiger partial charge in [0.05, 0.1) is 19.9 Å². The summed E-state index contributed by atoms with van der Waals surface area (Å²) in [7, 11) is 3.08. The SMILES string of the molecule is COc1cc([C@H]2Cc3ccccc3-c3nc(N)c4ccccc4c32)cc(OC)c1O. The summed E-state index contributed by atoms with van der Waals surface area (Å²) in [4.78, 5) is 4.83. The number of phenols is 1. The molecule has 5 nitrogen and oxygen atoms in total. The number of methoxy groups -OCH3 is 2. The number of fused-ring (bicyclic) bond motifs is 5. The zero-order valence-electron chi connectivity index (χ0n) is 16.8. The molecule has 0 radical (unpaired) electrons. The average molecular weight is 398 g/mol. The van der Waals surface area contributed by atoms with Crippen LogP contribution in [0.3, 0.4) is 0 Å². The number of aromatic hydroxyl groups is 1. The summed E-state index contributed by atoms with van der Waals surface area (Å²) in [5.74, 6) is 1.31. The first-order chi connectivity index (χ1) is 14.6. The molecule has 1 aliphatic rings. The number of hydrogen-bond donors (Lipinski definition) is 2. The van der Waals surface area contributed by atoms with Crippen LogP contribution in [0.1, 0.15) is 22.6 Å². The van der Waals surface area contributed by atoms with Crippen molar-refractivity contribution < 1.29 is 14.6 Å². The molecule has 3 aromatic carbocycles. The van der Waals surface area contributed by atoms with Gasteiger partial charge in [0.15, 0.2) is 11.5 Å². The minimum absolute atomic E-state index is 0.000437. The molecule has 1 aromatic heterocycles. The number of benzene rings is 3. The van der Waals surface area contributed by atoms with Crippen molar-refractivity contribution in [2.24, 2.45) is 0 Å². The van der Waals surface area contributed by atoms with E-state index >= 15 is 0 Å². The molecule has 30 heavy (non-hydrogen) atoms. The van der Waals surface area contributed by atoms with E-state index in [0.717, 1.165) is 39.6 Å². The number of anilines is 1. The number of ether oxygens (including phenoxy) is 2. The van der Waals surface area contributed by atoms with Crippen LogP contribution in [0, 0.1) is 0 Å². The quantitative estimate of drug-likeness (QED) is 0.513. The van der Waals surface area contributed by atoms with Crippen molar-refractivity contribution in [2.45, 2.75) is 12.3 Å². The van der Waals surface area contributed by atoms with Gasteiger partial charge in [0.1, 0.15) is 5.82 Å². The fourth-order valence-corrected chi connectivity index (χ4v) is 4.52. The first-order valence-corrected chi connectivity index (χ1v) is 9.83. The molecule has 3 N–H and O–H groups in total. The van der Waals surface area contributed by atoms with Crippen molar-refractivity contribution in [3.8, 4) is 28.5 Å². The molecule has 0 saturated carbocycles. The Morgan fingerprint density at radius 2 is 1.57 bits per heavy atom. The molecule has 150 valence electrons. The highest BCUT2D eigenvalue weighted by Crippen LogP contribution is 2.48. The van der Waals surface area contributed by atoms with Crippen molar-refractivity contribution in [2.75, 3.05) is 20.0 Å². The molecule has 0 unspecified atom stereocenters. The third-order valence-electron chi connectivity index (χ3n) is 5.93. The largest absolute Gasteiger partial charge is 0.502 e. The lowest BCUT2D eigenvalue weighted by atomic mass is 9.76. The Morgan fingerprint density at radius 1 is 0.933 bits per heavy atom. The smallest absolute Gasteiger partial charge is 0.200 e. The van der Waals surface area contributed by atoms with Crippen LogP contribution in [-0.4, -0.2) is 24.3 Å². The molecule has 1 atom stereocenters. The standard InChI is InChI=1S/C25H22N2O3/c1-29-20-12-15(13-21(30-2)24(20)28)19-11-14-7-3-4-8-16(14)23-22(19)17-9-5-6-10-18(17)25(26)27-23/h3-10,12-13,19,28H,11H2,1-2H3,(H2,26,27)/t19-/m1/s1. The second kappa shape index (κ2) is 6.95. The van der Waals surface area contributed by atoms with Crippen molar-refractivity contribution >= 4 is 16.6 Å². The van der Waals surface area contributed by atoms with Gasteiger partial charge in [0.2, 0.25) is 5.75 Å². The number of hydrogen-bond acceptors (Lipinski definition) is 5. The van der Waals surface area contributed by atoms with Gasteiger partial charge in [-0.1, -0.05) is 48.5 Å². The molecule has 0 saturated heterocycles. The Morgan fingerprint density at radius 3 is 2.27 bits per heavy atom. The monoisotopic (exact) mass is 398 g/mol. The molecule has 1 aliphatic carbocycles. The van der Waals surface area contributed by atoms with Crippen LogP contribution in [0.4, 0.5) is 5.82 Å². The van der Waals surface area contributed by atoms with E-state index in [9.17, 15) is 5.11 Å². The molecule has 5 rings (SSSR count). The van der Waals surface area contributed by atoms with Crippen LogP contribution in [0.2, 0.25) is 0 Å². The predicted molar refractivity (Wildman–Crippen MR) is 118 cm³/mol. The van der Waals surface area contributed by atoms with Gasteiger partial charge < -0.3 is 20.3 Å². The Balaban J connectivity index is 1.84. The third kappa shape index (κ3) is 2.66. The van der Waals surface area contributed by atoms with Crippen LogP contribution in [0.25, 0.3) is 22.0 Å². The summed E-state index contributed by atoms with van der Waals surface area (Å²) < 4.78 is 10.8. The van der Waals surface area contributed by atoms with Crippen molar-refractivity contribution in [3.63, 3.8) is 0 Å². The second-order valence-corrected chi connectivity index (χ2v) is 7.49. The molecule has 0 aliphatic heterocycles. The summed E-state index contributed by atoms with van der Waals surface area (Å²) in [6.07, 6.45) is 0.801. The fraction of sp³-hybridized carbons (Fsp3) is 0.160. The zero-order chi connectivity index (χ0) is 20.8. The van der Waals surface area contributed by atoms with Gasteiger partial charge in [-0.2, -0.15) is 0 Å². The normalized spacial score (nSPS) is 14.8. The molecule has 5 heteroatoms. The van der Waals surface area contributed by atoms with Gasteiger partial charge in [-0.15, -0.1) is 0 Å². The van der Waals surface area contributed by atoms with Gasteiger partial charge in [-0.25, -0.2) is 4.98 Å². The highest BCUT2D eigenvalue weighted by molar-refractivity contribution is 5.98. The molecule has 0 spiro atoms. The van der Waals surface area contributed by atoms with E-state index in [1.54, 1.807) is 14.2 Å². The molecule has 0 bridgehead atoms. The van der Waals surface area contributed by atoms with Crippen molar-refractivity contribution in [1.29, 1.82) is 0 Å². The van der Waals surface area contributed by atoms with E-state index < -0.39 is 0 Å². The Labute approximate surface area is 174 Å². The molecule has 4 aromatic rings. The Kier molecular flexibility index (Phi) is 4.24. The lowest BCUT2D eigenvalue weighted by Gasteiger charge is -2.30. The van der Waals surface area contributed by atoms with E-state index in [-0.39, 0.29) is 11.7 Å². The maximum atomic E-state index is 10.4. The minimum atomic E-state index is 0.000437. The average Bonchev–Trinajstić information content (AvgIpc) is 2.79. The topological polar surface area (TPSA) is 77.6 Å². The maximum Gasteiger partial charge on any atom is 0.200 e. The summed E-state index contributed by atoms with van der Waals surface area (Å²) >= 11 is 0. The number of aromatic nitrogens is 1. The fourth-order valence-electron chi connectivity index (χ4n) is 4.52. The number of nitrogens with zero attached hydrogens (tertiary/aromatic N) is 1. The van der Waals surface area contributed by atoms with Crippen LogP contribution in [-0.2, 0) is 6.42 Å². The number of pyridine rings is 1. The van der Waals surface area contributed by atoms with Crippen LogP contribution < -0.4 is 15.2 Å². The summed E-state index contributed by atoms with van der Waals surface area (Å²) in [5.41, 5.74) is 11.7. The number of nitrogen functional groups attached to an aromatic ring is 1. The first kappa shape index (κ1) is 18.3. The molecule has 1 heterocycles. The van der Waals surface area contributed by atoms with Crippen LogP contribution in [0.15, 0.2) is 60.7 Å². The van der Waals surface area contributed by atoms with E-state index in [4.69, 9.17) is 20.2 Å². The lowest BCUT2D eigenvalue weighted by molar-refractivity contribution is 0.339. The predicted octanol–water partition coefficient (Wildman–Crippen LogP) is 4.89. The van der Waals surface area contributed by atoms with Gasteiger partial charge >= 0.3 is 0 Å². The van der Waals surface area contributed by atoms with Gasteiger partial charge in [0, 0.05) is 16.9 Å². The van der Waals surface area contributed by atoms with E-state index in [1.165, 1.54) is 5.56 Å². The van der Waals surface area contributed by atoms with Crippen LogP contribution >= 0.6 is 0 Å². The molecular formula is C25H22N2O3. The van der Waals surface area contributed by atoms with Crippen LogP contribution in [0.5, 0.6) is 17.2 Å². The number of rotatable bonds is 3. The zero-order valence-corrected chi connectivity index (χ0v) is 16.8. The Bertz CT molecular complexity index is 1260. The van der Waals surface area contributed by atoms with Gasteiger partial charge in [-0.05, 0) is 40.6 Å². The summed E-state index contributed by atoms with van der Waals surface area (Å²) in [5, 5.41) is 12.4. The minimum Gasteiger partial charge on any atom is -0.502 e. The first-order valence-electron chi connectivity index (χ1n) is 9.83. The Hall–Kier alpha value is -3.73. The van der Waals surface area contributed by atoms with Gasteiger partial charge in [0.25, 0.3) is 0 Å². The summed E-state index contributed by atoms with van der Waals surface area (Å²) in [6, 6.07) is 20.2. The maximum absolute atomic E-state index is 10.4. The van der Waals surface area contributed by atoms with Crippen molar-refractivity contribution in [3.05, 3.63) is 77.4 Å². The summed E-state index contributed by atoms with van der Waals surface area (Å²) in [6.45, 7) is 0.